The average Bonchev–Trinajstić information content (AvgIpc) is 3.75. The highest BCUT2D eigenvalue weighted by atomic mass is 15.0. The van der Waals surface area contributed by atoms with Gasteiger partial charge in [0.1, 0.15) is 0 Å². The maximum absolute atomic E-state index is 5.31. The quantitative estimate of drug-likeness (QED) is 0.166. The zero-order valence-corrected chi connectivity index (χ0v) is 32.5. The first kappa shape index (κ1) is 34.0. The summed E-state index contributed by atoms with van der Waals surface area (Å²) in [7, 11) is 0. The number of hydrogen-bond acceptors (Lipinski definition) is 1. The van der Waals surface area contributed by atoms with Gasteiger partial charge >= 0.3 is 0 Å². The molecular weight excluding hydrogens is 701 g/mol. The molecule has 1 aliphatic rings. The molecule has 0 unspecified atom stereocenters. The lowest BCUT2D eigenvalue weighted by Gasteiger charge is -2.24. The fourth-order valence-corrected chi connectivity index (χ4v) is 9.50. The van der Waals surface area contributed by atoms with Crippen LogP contribution in [0.2, 0.25) is 0 Å². The molecule has 1 aliphatic carbocycles. The Hall–Kier alpha value is -7.29. The van der Waals surface area contributed by atoms with Gasteiger partial charge in [-0.05, 0) is 98.1 Å². The molecule has 0 bridgehead atoms. The van der Waals surface area contributed by atoms with E-state index in [-0.39, 0.29) is 5.41 Å². The minimum absolute atomic E-state index is 0.0977. The van der Waals surface area contributed by atoms with Gasteiger partial charge in [-0.1, -0.05) is 178 Å². The third-order valence-corrected chi connectivity index (χ3v) is 12.2. The van der Waals surface area contributed by atoms with E-state index in [4.69, 9.17) is 4.98 Å². The van der Waals surface area contributed by atoms with Gasteiger partial charge in [-0.15, -0.1) is 0 Å². The molecule has 0 fully saturated rings. The summed E-state index contributed by atoms with van der Waals surface area (Å²) in [6.07, 6.45) is 0. The molecule has 2 heteroatoms. The maximum Gasteiger partial charge on any atom is 0.0721 e. The fraction of sp³-hybridized carbons (Fsp3) is 0.0536. The van der Waals surface area contributed by atoms with Crippen LogP contribution in [0.25, 0.3) is 94.5 Å². The van der Waals surface area contributed by atoms with E-state index in [1.165, 1.54) is 60.8 Å². The number of nitrogens with zero attached hydrogens (tertiary/aromatic N) is 2. The van der Waals surface area contributed by atoms with Gasteiger partial charge in [0.15, 0.2) is 0 Å². The molecule has 2 heterocycles. The van der Waals surface area contributed by atoms with Crippen molar-refractivity contribution in [3.05, 3.63) is 217 Å². The summed E-state index contributed by atoms with van der Waals surface area (Å²) in [5, 5.41) is 2.46. The largest absolute Gasteiger partial charge is 0.309 e. The Morgan fingerprint density at radius 3 is 1.78 bits per heavy atom. The molecule has 0 radical (unpaired) electrons. The summed E-state index contributed by atoms with van der Waals surface area (Å²) in [5.74, 6) is 0. The molecule has 0 atom stereocenters. The molecule has 11 rings (SSSR count). The number of hydrogen-bond donors (Lipinski definition) is 0. The van der Waals surface area contributed by atoms with Gasteiger partial charge in [-0.2, -0.15) is 0 Å². The lowest BCUT2D eigenvalue weighted by Crippen LogP contribution is -2.16. The third-order valence-electron chi connectivity index (χ3n) is 12.2. The van der Waals surface area contributed by atoms with Crippen molar-refractivity contribution in [1.82, 2.24) is 9.55 Å². The van der Waals surface area contributed by atoms with E-state index in [2.05, 4.69) is 225 Å². The van der Waals surface area contributed by atoms with Crippen LogP contribution in [0.1, 0.15) is 25.0 Å². The van der Waals surface area contributed by atoms with Gasteiger partial charge < -0.3 is 4.57 Å². The zero-order chi connectivity index (χ0) is 38.8. The van der Waals surface area contributed by atoms with Crippen LogP contribution < -0.4 is 0 Å². The first-order valence-corrected chi connectivity index (χ1v) is 20.1. The van der Waals surface area contributed by atoms with E-state index in [9.17, 15) is 0 Å². The number of benzene rings is 8. The predicted molar refractivity (Wildman–Crippen MR) is 243 cm³/mol. The summed E-state index contributed by atoms with van der Waals surface area (Å²) >= 11 is 0. The molecule has 58 heavy (non-hydrogen) atoms. The summed E-state index contributed by atoms with van der Waals surface area (Å²) in [4.78, 5) is 5.31. The molecule has 0 aliphatic heterocycles. The van der Waals surface area contributed by atoms with Crippen molar-refractivity contribution >= 4 is 21.8 Å². The van der Waals surface area contributed by atoms with Crippen molar-refractivity contribution in [2.24, 2.45) is 0 Å². The van der Waals surface area contributed by atoms with E-state index < -0.39 is 0 Å². The maximum atomic E-state index is 5.31. The predicted octanol–water partition coefficient (Wildman–Crippen LogP) is 14.8. The topological polar surface area (TPSA) is 17.8 Å². The molecule has 0 amide bonds. The number of fused-ring (bicyclic) bond motifs is 6. The molecule has 0 saturated heterocycles. The van der Waals surface area contributed by atoms with Gasteiger partial charge in [-0.25, -0.2) is 4.98 Å². The molecule has 2 aromatic heterocycles. The van der Waals surface area contributed by atoms with Crippen LogP contribution in [0, 0.1) is 0 Å². The normalized spacial score (nSPS) is 12.8. The summed E-state index contributed by atoms with van der Waals surface area (Å²) in [6.45, 7) is 4.73. The highest BCUT2D eigenvalue weighted by Crippen LogP contribution is 2.52. The Balaban J connectivity index is 1.05. The molecule has 0 spiro atoms. The van der Waals surface area contributed by atoms with Crippen molar-refractivity contribution in [2.45, 2.75) is 19.3 Å². The molecular formula is C56H40N2. The number of pyridine rings is 1. The van der Waals surface area contributed by atoms with Crippen molar-refractivity contribution in [2.75, 3.05) is 0 Å². The van der Waals surface area contributed by atoms with Crippen molar-refractivity contribution < 1.29 is 0 Å². The van der Waals surface area contributed by atoms with Crippen LogP contribution >= 0.6 is 0 Å². The average molecular weight is 741 g/mol. The van der Waals surface area contributed by atoms with Gasteiger partial charge in [0.2, 0.25) is 0 Å². The first-order valence-electron chi connectivity index (χ1n) is 20.1. The Morgan fingerprint density at radius 2 is 0.948 bits per heavy atom. The van der Waals surface area contributed by atoms with E-state index in [0.717, 1.165) is 44.9 Å². The number of para-hydroxylation sites is 1. The summed E-state index contributed by atoms with van der Waals surface area (Å²) in [6, 6.07) is 74.8. The Bertz CT molecular complexity index is 3130. The standard InChI is InChI=1S/C56H40N2/c1-56(2)50-29-13-11-24-45(50)48-28-16-27-44(55(48)56)39-21-15-22-42(33-39)58-53-30-14-12-26-47(53)49-34-40(31-32-54(49)58)43-23-9-10-25-46(43)52-36-41(37-17-5-3-6-18-37)35-51(57-52)38-19-7-4-8-20-38/h3-36H,1-2H3. The molecule has 0 N–H and O–H groups in total. The van der Waals surface area contributed by atoms with Crippen LogP contribution in [-0.2, 0) is 5.41 Å². The first-order chi connectivity index (χ1) is 28.5. The number of rotatable bonds is 6. The van der Waals surface area contributed by atoms with Crippen LogP contribution in [0.4, 0.5) is 0 Å². The van der Waals surface area contributed by atoms with Crippen LogP contribution in [-0.4, -0.2) is 9.55 Å². The second kappa shape index (κ2) is 13.4. The van der Waals surface area contributed by atoms with Crippen molar-refractivity contribution in [1.29, 1.82) is 0 Å². The highest BCUT2D eigenvalue weighted by molar-refractivity contribution is 6.11. The van der Waals surface area contributed by atoms with E-state index in [1.807, 2.05) is 0 Å². The lowest BCUT2D eigenvalue weighted by molar-refractivity contribution is 0.662. The molecule has 10 aromatic rings. The Labute approximate surface area is 339 Å². The minimum Gasteiger partial charge on any atom is -0.309 e. The molecule has 274 valence electrons. The van der Waals surface area contributed by atoms with Gasteiger partial charge in [0.25, 0.3) is 0 Å². The SMILES string of the molecule is CC1(C)c2ccccc2-c2cccc(-c3cccc(-n4c5ccccc5c5cc(-c6ccccc6-c6cc(-c7ccccc7)cc(-c7ccccc7)n6)ccc54)c3)c21. The van der Waals surface area contributed by atoms with Gasteiger partial charge in [0.05, 0.1) is 22.4 Å². The summed E-state index contributed by atoms with van der Waals surface area (Å²) < 4.78 is 2.43. The van der Waals surface area contributed by atoms with Gasteiger partial charge in [0, 0.05) is 33.0 Å². The molecule has 2 nitrogen and oxygen atoms in total. The monoisotopic (exact) mass is 740 g/mol. The zero-order valence-electron chi connectivity index (χ0n) is 32.5. The van der Waals surface area contributed by atoms with E-state index >= 15 is 0 Å². The van der Waals surface area contributed by atoms with Crippen LogP contribution in [0.3, 0.4) is 0 Å². The smallest absolute Gasteiger partial charge is 0.0721 e. The van der Waals surface area contributed by atoms with Crippen LogP contribution in [0.15, 0.2) is 206 Å². The highest BCUT2D eigenvalue weighted by Gasteiger charge is 2.37. The lowest BCUT2D eigenvalue weighted by atomic mass is 9.79. The second-order valence-corrected chi connectivity index (χ2v) is 15.9. The van der Waals surface area contributed by atoms with Crippen molar-refractivity contribution in [3.63, 3.8) is 0 Å². The van der Waals surface area contributed by atoms with Crippen LogP contribution in [0.5, 0.6) is 0 Å². The molecule has 8 aromatic carbocycles. The van der Waals surface area contributed by atoms with Gasteiger partial charge in [-0.3, -0.25) is 0 Å². The molecule has 0 saturated carbocycles. The minimum atomic E-state index is -0.0977. The van der Waals surface area contributed by atoms with E-state index in [0.29, 0.717) is 0 Å². The third kappa shape index (κ3) is 5.44. The number of aromatic nitrogens is 2. The fourth-order valence-electron chi connectivity index (χ4n) is 9.50. The summed E-state index contributed by atoms with van der Waals surface area (Å²) in [5.41, 5.74) is 20.2. The second-order valence-electron chi connectivity index (χ2n) is 15.9. The Kier molecular flexibility index (Phi) is 7.87. The van der Waals surface area contributed by atoms with Crippen molar-refractivity contribution in [3.8, 4) is 72.7 Å². The van der Waals surface area contributed by atoms with E-state index in [1.54, 1.807) is 0 Å². The Morgan fingerprint density at radius 1 is 0.362 bits per heavy atom.